The van der Waals surface area contributed by atoms with Gasteiger partial charge in [-0.15, -0.1) is 0 Å². The van der Waals surface area contributed by atoms with Crippen LogP contribution in [-0.4, -0.2) is 43.5 Å². The Bertz CT molecular complexity index is 523. The Morgan fingerprint density at radius 2 is 2.37 bits per heavy atom. The van der Waals surface area contributed by atoms with Crippen molar-refractivity contribution in [2.75, 3.05) is 11.9 Å². The van der Waals surface area contributed by atoms with Crippen LogP contribution in [0.3, 0.4) is 0 Å². The minimum Gasteiger partial charge on any atom is -0.392 e. The molecule has 2 heterocycles. The first-order chi connectivity index (χ1) is 9.15. The Balaban J connectivity index is 1.94. The van der Waals surface area contributed by atoms with Crippen LogP contribution in [0.5, 0.6) is 0 Å². The molecule has 0 saturated heterocycles. The van der Waals surface area contributed by atoms with Gasteiger partial charge < -0.3 is 15.7 Å². The van der Waals surface area contributed by atoms with E-state index in [1.54, 1.807) is 19.1 Å². The van der Waals surface area contributed by atoms with E-state index in [0.29, 0.717) is 11.5 Å². The zero-order valence-electron chi connectivity index (χ0n) is 10.3. The number of pyridine rings is 1. The lowest BCUT2D eigenvalue weighted by Crippen LogP contribution is -2.34. The van der Waals surface area contributed by atoms with Crippen molar-refractivity contribution in [1.29, 1.82) is 0 Å². The second-order valence-electron chi connectivity index (χ2n) is 3.93. The van der Waals surface area contributed by atoms with Gasteiger partial charge >= 0.3 is 6.03 Å². The highest BCUT2D eigenvalue weighted by molar-refractivity contribution is 5.89. The van der Waals surface area contributed by atoms with Gasteiger partial charge in [0.15, 0.2) is 5.82 Å². The van der Waals surface area contributed by atoms with Crippen LogP contribution < -0.4 is 10.6 Å². The fraction of sp³-hybridized carbons (Fsp3) is 0.273. The molecule has 8 nitrogen and oxygen atoms in total. The number of rotatable bonds is 4. The maximum absolute atomic E-state index is 11.4. The summed E-state index contributed by atoms with van der Waals surface area (Å²) in [5, 5.41) is 18.1. The molecule has 8 heteroatoms. The summed E-state index contributed by atoms with van der Waals surface area (Å²) in [5.41, 5.74) is 0.548. The number of urea groups is 1. The number of hydrogen-bond donors (Lipinski definition) is 3. The van der Waals surface area contributed by atoms with Crippen molar-refractivity contribution in [3.63, 3.8) is 0 Å². The third kappa shape index (κ3) is 3.75. The molecule has 2 amide bonds. The molecule has 0 aromatic carbocycles. The molecule has 2 rings (SSSR count). The van der Waals surface area contributed by atoms with Crippen molar-refractivity contribution in [3.05, 3.63) is 31.0 Å². The van der Waals surface area contributed by atoms with Gasteiger partial charge in [-0.3, -0.25) is 0 Å². The van der Waals surface area contributed by atoms with Gasteiger partial charge in [0, 0.05) is 6.54 Å². The van der Waals surface area contributed by atoms with Crippen LogP contribution in [0.1, 0.15) is 6.92 Å². The van der Waals surface area contributed by atoms with Crippen molar-refractivity contribution < 1.29 is 9.90 Å². The summed E-state index contributed by atoms with van der Waals surface area (Å²) >= 11 is 0. The maximum Gasteiger partial charge on any atom is 0.319 e. The maximum atomic E-state index is 11.4. The number of anilines is 1. The van der Waals surface area contributed by atoms with Gasteiger partial charge in [-0.05, 0) is 19.1 Å². The van der Waals surface area contributed by atoms with Gasteiger partial charge in [0.25, 0.3) is 0 Å². The van der Waals surface area contributed by atoms with Crippen LogP contribution in [0, 0.1) is 0 Å². The molecular weight excluding hydrogens is 248 g/mol. The summed E-state index contributed by atoms with van der Waals surface area (Å²) in [6.45, 7) is 1.78. The number of nitrogens with zero attached hydrogens (tertiary/aromatic N) is 4. The molecule has 0 spiro atoms. The number of aromatic nitrogens is 4. The van der Waals surface area contributed by atoms with Gasteiger partial charge in [-0.25, -0.2) is 19.4 Å². The van der Waals surface area contributed by atoms with E-state index in [1.165, 1.54) is 23.5 Å². The van der Waals surface area contributed by atoms with Crippen molar-refractivity contribution >= 4 is 11.7 Å². The van der Waals surface area contributed by atoms with Gasteiger partial charge in [-0.1, -0.05) is 0 Å². The molecule has 0 radical (unpaired) electrons. The fourth-order valence-electron chi connectivity index (χ4n) is 1.34. The zero-order valence-corrected chi connectivity index (χ0v) is 10.3. The number of amides is 2. The first-order valence-electron chi connectivity index (χ1n) is 5.69. The quantitative estimate of drug-likeness (QED) is 0.728. The molecule has 1 unspecified atom stereocenters. The highest BCUT2D eigenvalue weighted by Gasteiger charge is 2.04. The number of carbonyl (C=O) groups excluding carboxylic acids is 1. The van der Waals surface area contributed by atoms with Crippen LogP contribution in [0.4, 0.5) is 10.5 Å². The largest absolute Gasteiger partial charge is 0.392 e. The van der Waals surface area contributed by atoms with Crippen molar-refractivity contribution in [2.45, 2.75) is 13.0 Å². The molecule has 2 aromatic rings. The van der Waals surface area contributed by atoms with E-state index in [0.717, 1.165) is 0 Å². The highest BCUT2D eigenvalue weighted by atomic mass is 16.3. The van der Waals surface area contributed by atoms with Gasteiger partial charge in [0.1, 0.15) is 12.7 Å². The number of aliphatic hydroxyl groups excluding tert-OH is 1. The second kappa shape index (κ2) is 5.91. The van der Waals surface area contributed by atoms with Crippen molar-refractivity contribution in [3.8, 4) is 5.82 Å². The molecule has 0 aliphatic rings. The van der Waals surface area contributed by atoms with Crippen LogP contribution >= 0.6 is 0 Å². The average molecular weight is 262 g/mol. The molecule has 0 aliphatic heterocycles. The number of hydrogen-bond acceptors (Lipinski definition) is 5. The monoisotopic (exact) mass is 262 g/mol. The van der Waals surface area contributed by atoms with E-state index in [9.17, 15) is 4.79 Å². The van der Waals surface area contributed by atoms with Crippen LogP contribution in [0.15, 0.2) is 31.0 Å². The molecule has 0 fully saturated rings. The normalized spacial score (nSPS) is 11.9. The summed E-state index contributed by atoms with van der Waals surface area (Å²) < 4.78 is 1.51. The van der Waals surface area contributed by atoms with Gasteiger partial charge in [0.2, 0.25) is 0 Å². The van der Waals surface area contributed by atoms with E-state index < -0.39 is 12.1 Å². The van der Waals surface area contributed by atoms with Crippen LogP contribution in [0.2, 0.25) is 0 Å². The molecule has 100 valence electrons. The van der Waals surface area contributed by atoms with Gasteiger partial charge in [0.05, 0.1) is 18.0 Å². The Hall–Kier alpha value is -2.48. The van der Waals surface area contributed by atoms with Gasteiger partial charge in [-0.2, -0.15) is 5.10 Å². The Morgan fingerprint density at radius 3 is 2.95 bits per heavy atom. The van der Waals surface area contributed by atoms with E-state index in [4.69, 9.17) is 5.11 Å². The SMILES string of the molecule is CC(O)CNC(=O)Nc1ccc(-n2cncn2)nc1. The molecule has 19 heavy (non-hydrogen) atoms. The summed E-state index contributed by atoms with van der Waals surface area (Å²) in [7, 11) is 0. The second-order valence-corrected chi connectivity index (χ2v) is 3.93. The molecule has 3 N–H and O–H groups in total. The number of nitrogens with one attached hydrogen (secondary N) is 2. The first kappa shape index (κ1) is 13.0. The van der Waals surface area contributed by atoms with E-state index in [2.05, 4.69) is 25.7 Å². The van der Waals surface area contributed by atoms with Crippen molar-refractivity contribution in [1.82, 2.24) is 25.1 Å². The minimum absolute atomic E-state index is 0.191. The predicted molar refractivity (Wildman–Crippen MR) is 67.9 cm³/mol. The third-order valence-electron chi connectivity index (χ3n) is 2.22. The zero-order chi connectivity index (χ0) is 13.7. The lowest BCUT2D eigenvalue weighted by molar-refractivity contribution is 0.190. The molecule has 0 bridgehead atoms. The van der Waals surface area contributed by atoms with Crippen molar-refractivity contribution in [2.24, 2.45) is 0 Å². The Morgan fingerprint density at radius 1 is 1.53 bits per heavy atom. The summed E-state index contributed by atoms with van der Waals surface area (Å²) in [5.74, 6) is 0.604. The molecule has 0 saturated carbocycles. The Labute approximate surface area is 109 Å². The fourth-order valence-corrected chi connectivity index (χ4v) is 1.34. The summed E-state index contributed by atoms with van der Waals surface area (Å²) in [6, 6.07) is 3.02. The topological polar surface area (TPSA) is 105 Å². The lowest BCUT2D eigenvalue weighted by atomic mass is 10.4. The predicted octanol–water partition coefficient (Wildman–Crippen LogP) is 0.165. The lowest BCUT2D eigenvalue weighted by Gasteiger charge is -2.09. The van der Waals surface area contributed by atoms with E-state index in [-0.39, 0.29) is 6.54 Å². The van der Waals surface area contributed by atoms with Crippen LogP contribution in [0.25, 0.3) is 5.82 Å². The molecule has 0 aliphatic carbocycles. The highest BCUT2D eigenvalue weighted by Crippen LogP contribution is 2.08. The smallest absolute Gasteiger partial charge is 0.319 e. The van der Waals surface area contributed by atoms with E-state index in [1.807, 2.05) is 0 Å². The van der Waals surface area contributed by atoms with Crippen LogP contribution in [-0.2, 0) is 0 Å². The minimum atomic E-state index is -0.585. The number of carbonyl (C=O) groups is 1. The Kier molecular flexibility index (Phi) is 4.04. The first-order valence-corrected chi connectivity index (χ1v) is 5.69. The molecule has 1 atom stereocenters. The number of aliphatic hydroxyl groups is 1. The summed E-state index contributed by atoms with van der Waals surface area (Å²) in [4.78, 5) is 19.4. The molecular formula is C11H14N6O2. The average Bonchev–Trinajstić information content (AvgIpc) is 2.91. The standard InChI is InChI=1S/C11H14N6O2/c1-8(18)4-14-11(19)16-9-2-3-10(13-5-9)17-7-12-6-15-17/h2-3,5-8,18H,4H2,1H3,(H2,14,16,19). The third-order valence-corrected chi connectivity index (χ3v) is 2.22. The molecule has 2 aromatic heterocycles. The van der Waals surface area contributed by atoms with E-state index >= 15 is 0 Å². The summed E-state index contributed by atoms with van der Waals surface area (Å²) in [6.07, 6.45) is 3.87.